The van der Waals surface area contributed by atoms with Crippen LogP contribution in [0, 0.1) is 6.92 Å². The highest BCUT2D eigenvalue weighted by Crippen LogP contribution is 2.34. The van der Waals surface area contributed by atoms with Gasteiger partial charge in [-0.2, -0.15) is 5.10 Å². The fraction of sp³-hybridized carbons (Fsp3) is 0.714. The summed E-state index contributed by atoms with van der Waals surface area (Å²) >= 11 is 0. The van der Waals surface area contributed by atoms with Crippen molar-refractivity contribution in [2.75, 3.05) is 0 Å². The number of hydrogen-bond donors (Lipinski definition) is 1. The molecule has 1 aromatic heterocycles. The van der Waals surface area contributed by atoms with Gasteiger partial charge in [0.2, 0.25) is 0 Å². The normalized spacial score (nSPS) is 17.0. The summed E-state index contributed by atoms with van der Waals surface area (Å²) in [6, 6.07) is 0. The lowest BCUT2D eigenvalue weighted by molar-refractivity contribution is -0.136. The molecule has 0 aromatic carbocycles. The molecule has 0 saturated heterocycles. The lowest BCUT2D eigenvalue weighted by atomic mass is 9.85. The second-order valence-corrected chi connectivity index (χ2v) is 5.31. The molecule has 1 aromatic rings. The van der Waals surface area contributed by atoms with Gasteiger partial charge in [-0.3, -0.25) is 9.48 Å². The first-order chi connectivity index (χ1) is 8.59. The van der Waals surface area contributed by atoms with Crippen molar-refractivity contribution in [1.29, 1.82) is 0 Å². The van der Waals surface area contributed by atoms with Crippen molar-refractivity contribution in [3.63, 3.8) is 0 Å². The maximum atomic E-state index is 10.6. The Bertz CT molecular complexity index is 431. The van der Waals surface area contributed by atoms with Crippen molar-refractivity contribution in [1.82, 2.24) is 9.78 Å². The van der Waals surface area contributed by atoms with Crippen LogP contribution in [-0.2, 0) is 18.3 Å². The molecule has 0 radical (unpaired) electrons. The van der Waals surface area contributed by atoms with Crippen LogP contribution in [0.1, 0.15) is 61.4 Å². The molecule has 4 heteroatoms. The van der Waals surface area contributed by atoms with Gasteiger partial charge in [0.25, 0.3) is 0 Å². The largest absolute Gasteiger partial charge is 0.481 e. The van der Waals surface area contributed by atoms with E-state index in [1.807, 2.05) is 11.7 Å². The first-order valence-corrected chi connectivity index (χ1v) is 6.83. The monoisotopic (exact) mass is 250 g/mol. The molecule has 2 rings (SSSR count). The standard InChI is InChI=1S/C14H22N2O2/c1-10-12(8-9-13(17)18)15-16(2)14(10)11-6-4-3-5-7-11/h11H,3-9H2,1-2H3,(H,17,18). The molecule has 0 atom stereocenters. The maximum Gasteiger partial charge on any atom is 0.303 e. The third-order valence-electron chi connectivity index (χ3n) is 4.00. The van der Waals surface area contributed by atoms with E-state index in [1.54, 1.807) is 0 Å². The topological polar surface area (TPSA) is 55.1 Å². The lowest BCUT2D eigenvalue weighted by Gasteiger charge is -2.22. The second-order valence-electron chi connectivity index (χ2n) is 5.31. The third kappa shape index (κ3) is 2.74. The van der Waals surface area contributed by atoms with Gasteiger partial charge in [-0.05, 0) is 25.3 Å². The van der Waals surface area contributed by atoms with Gasteiger partial charge in [-0.1, -0.05) is 19.3 Å². The summed E-state index contributed by atoms with van der Waals surface area (Å²) in [5.74, 6) is -0.130. The van der Waals surface area contributed by atoms with Crippen LogP contribution in [0.2, 0.25) is 0 Å². The Kier molecular flexibility index (Phi) is 4.04. The molecule has 4 nitrogen and oxygen atoms in total. The fourth-order valence-corrected chi connectivity index (χ4v) is 3.11. The van der Waals surface area contributed by atoms with Gasteiger partial charge < -0.3 is 5.11 Å². The first-order valence-electron chi connectivity index (χ1n) is 6.83. The van der Waals surface area contributed by atoms with Crippen molar-refractivity contribution < 1.29 is 9.90 Å². The van der Waals surface area contributed by atoms with Crippen LogP contribution in [0.3, 0.4) is 0 Å². The van der Waals surface area contributed by atoms with Crippen LogP contribution < -0.4 is 0 Å². The van der Waals surface area contributed by atoms with Crippen LogP contribution in [0.25, 0.3) is 0 Å². The second kappa shape index (κ2) is 5.55. The number of aryl methyl sites for hydroxylation is 2. The van der Waals surface area contributed by atoms with E-state index in [9.17, 15) is 4.79 Å². The molecule has 100 valence electrons. The molecular weight excluding hydrogens is 228 g/mol. The van der Waals surface area contributed by atoms with Gasteiger partial charge >= 0.3 is 5.97 Å². The summed E-state index contributed by atoms with van der Waals surface area (Å²) in [6.07, 6.45) is 7.17. The van der Waals surface area contributed by atoms with Gasteiger partial charge in [-0.25, -0.2) is 0 Å². The Morgan fingerprint density at radius 2 is 2.06 bits per heavy atom. The van der Waals surface area contributed by atoms with Crippen molar-refractivity contribution in [2.24, 2.45) is 7.05 Å². The van der Waals surface area contributed by atoms with Gasteiger partial charge in [-0.15, -0.1) is 0 Å². The fourth-order valence-electron chi connectivity index (χ4n) is 3.11. The van der Waals surface area contributed by atoms with Gasteiger partial charge in [0.1, 0.15) is 0 Å². The van der Waals surface area contributed by atoms with Gasteiger partial charge in [0, 0.05) is 25.1 Å². The highest BCUT2D eigenvalue weighted by atomic mass is 16.4. The zero-order valence-electron chi connectivity index (χ0n) is 11.3. The van der Waals surface area contributed by atoms with E-state index < -0.39 is 5.97 Å². The lowest BCUT2D eigenvalue weighted by Crippen LogP contribution is -2.10. The Hall–Kier alpha value is -1.32. The minimum absolute atomic E-state index is 0.169. The Labute approximate surface area is 108 Å². The molecule has 1 N–H and O–H groups in total. The third-order valence-corrected chi connectivity index (χ3v) is 4.00. The summed E-state index contributed by atoms with van der Waals surface area (Å²) in [5.41, 5.74) is 3.50. The zero-order valence-corrected chi connectivity index (χ0v) is 11.3. The Morgan fingerprint density at radius 3 is 2.67 bits per heavy atom. The average Bonchev–Trinajstić information content (AvgIpc) is 2.63. The summed E-state index contributed by atoms with van der Waals surface area (Å²) in [6.45, 7) is 2.09. The molecule has 0 spiro atoms. The van der Waals surface area contributed by atoms with E-state index in [2.05, 4.69) is 12.0 Å². The molecule has 1 aliphatic carbocycles. The van der Waals surface area contributed by atoms with E-state index in [4.69, 9.17) is 5.11 Å². The number of aliphatic carboxylic acids is 1. The minimum atomic E-state index is -0.751. The van der Waals surface area contributed by atoms with E-state index in [0.717, 1.165) is 5.69 Å². The van der Waals surface area contributed by atoms with Crippen molar-refractivity contribution in [3.05, 3.63) is 17.0 Å². The maximum absolute atomic E-state index is 10.6. The molecule has 0 amide bonds. The number of rotatable bonds is 4. The number of nitrogens with zero attached hydrogens (tertiary/aromatic N) is 2. The molecule has 1 aliphatic rings. The highest BCUT2D eigenvalue weighted by molar-refractivity contribution is 5.67. The highest BCUT2D eigenvalue weighted by Gasteiger charge is 2.23. The van der Waals surface area contributed by atoms with Crippen LogP contribution in [0.15, 0.2) is 0 Å². The number of carboxylic acid groups (broad SMARTS) is 1. The van der Waals surface area contributed by atoms with Crippen molar-refractivity contribution in [3.8, 4) is 0 Å². The van der Waals surface area contributed by atoms with Crippen molar-refractivity contribution in [2.45, 2.75) is 57.8 Å². The number of carboxylic acids is 1. The predicted octanol–water partition coefficient (Wildman–Crippen LogP) is 2.79. The number of hydrogen-bond acceptors (Lipinski definition) is 2. The summed E-state index contributed by atoms with van der Waals surface area (Å²) in [4.78, 5) is 10.6. The quantitative estimate of drug-likeness (QED) is 0.894. The predicted molar refractivity (Wildman–Crippen MR) is 69.7 cm³/mol. The number of aromatic nitrogens is 2. The van der Waals surface area contributed by atoms with Crippen LogP contribution in [0.5, 0.6) is 0 Å². The van der Waals surface area contributed by atoms with Crippen LogP contribution >= 0.6 is 0 Å². The SMILES string of the molecule is Cc1c(CCC(=O)O)nn(C)c1C1CCCCC1. The molecule has 1 heterocycles. The molecule has 0 bridgehead atoms. The minimum Gasteiger partial charge on any atom is -0.481 e. The molecular formula is C14H22N2O2. The van der Waals surface area contributed by atoms with E-state index in [1.165, 1.54) is 43.4 Å². The number of carbonyl (C=O) groups is 1. The Balaban J connectivity index is 2.17. The first kappa shape index (κ1) is 13.1. The summed E-state index contributed by atoms with van der Waals surface area (Å²) in [5, 5.41) is 13.3. The molecule has 0 unspecified atom stereocenters. The summed E-state index contributed by atoms with van der Waals surface area (Å²) < 4.78 is 1.97. The van der Waals surface area contributed by atoms with E-state index >= 15 is 0 Å². The smallest absolute Gasteiger partial charge is 0.303 e. The summed E-state index contributed by atoms with van der Waals surface area (Å²) in [7, 11) is 1.99. The van der Waals surface area contributed by atoms with Crippen LogP contribution in [-0.4, -0.2) is 20.9 Å². The van der Waals surface area contributed by atoms with Gasteiger partial charge in [0.05, 0.1) is 12.1 Å². The van der Waals surface area contributed by atoms with Gasteiger partial charge in [0.15, 0.2) is 0 Å². The average molecular weight is 250 g/mol. The molecule has 0 aliphatic heterocycles. The van der Waals surface area contributed by atoms with E-state index in [0.29, 0.717) is 12.3 Å². The van der Waals surface area contributed by atoms with E-state index in [-0.39, 0.29) is 6.42 Å². The Morgan fingerprint density at radius 1 is 1.39 bits per heavy atom. The molecule has 1 saturated carbocycles. The van der Waals surface area contributed by atoms with Crippen molar-refractivity contribution >= 4 is 5.97 Å². The van der Waals surface area contributed by atoms with Crippen LogP contribution in [0.4, 0.5) is 0 Å². The molecule has 18 heavy (non-hydrogen) atoms. The zero-order chi connectivity index (χ0) is 13.1. The molecule has 1 fully saturated rings.